The van der Waals surface area contributed by atoms with E-state index in [9.17, 15) is 14.7 Å². The molecule has 1 heterocycles. The molecule has 2 atom stereocenters. The van der Waals surface area contributed by atoms with E-state index in [4.69, 9.17) is 0 Å². The summed E-state index contributed by atoms with van der Waals surface area (Å²) in [7, 11) is 0. The molecule has 1 N–H and O–H groups in total. The first kappa shape index (κ1) is 16.5. The fourth-order valence-corrected chi connectivity index (χ4v) is 3.57. The minimum atomic E-state index is -0.798. The van der Waals surface area contributed by atoms with E-state index in [2.05, 4.69) is 19.1 Å². The summed E-state index contributed by atoms with van der Waals surface area (Å²) >= 11 is 0. The third kappa shape index (κ3) is 3.32. The predicted octanol–water partition coefficient (Wildman–Crippen LogP) is 2.87. The fraction of sp³-hybridized carbons (Fsp3) is 0.556. The van der Waals surface area contributed by atoms with E-state index in [1.165, 1.54) is 5.56 Å². The van der Waals surface area contributed by atoms with Crippen LogP contribution in [-0.2, 0) is 16.0 Å². The van der Waals surface area contributed by atoms with Gasteiger partial charge in [0.2, 0.25) is 5.91 Å². The molecule has 0 radical (unpaired) electrons. The Kier molecular flexibility index (Phi) is 4.89. The second kappa shape index (κ2) is 6.51. The lowest BCUT2D eigenvalue weighted by Gasteiger charge is -2.37. The van der Waals surface area contributed by atoms with E-state index < -0.39 is 11.9 Å². The van der Waals surface area contributed by atoms with Gasteiger partial charge in [-0.2, -0.15) is 0 Å². The van der Waals surface area contributed by atoms with Gasteiger partial charge in [-0.1, -0.05) is 17.7 Å². The van der Waals surface area contributed by atoms with Crippen molar-refractivity contribution in [1.29, 1.82) is 0 Å². The molecule has 0 spiro atoms. The number of carbonyl (C=O) groups excluding carboxylic acids is 1. The molecule has 1 fully saturated rings. The zero-order valence-corrected chi connectivity index (χ0v) is 13.8. The van der Waals surface area contributed by atoms with Gasteiger partial charge in [0.1, 0.15) is 0 Å². The summed E-state index contributed by atoms with van der Waals surface area (Å²) in [4.78, 5) is 25.7. The second-order valence-electron chi connectivity index (χ2n) is 6.47. The summed E-state index contributed by atoms with van der Waals surface area (Å²) in [6, 6.07) is 3.95. The Bertz CT molecular complexity index is 571. The minimum Gasteiger partial charge on any atom is -0.481 e. The van der Waals surface area contributed by atoms with Crippen molar-refractivity contribution in [1.82, 2.24) is 4.90 Å². The Morgan fingerprint density at radius 1 is 1.23 bits per heavy atom. The maximum atomic E-state index is 12.7. The van der Waals surface area contributed by atoms with Crippen LogP contribution in [0.5, 0.6) is 0 Å². The van der Waals surface area contributed by atoms with Gasteiger partial charge in [0.15, 0.2) is 0 Å². The van der Waals surface area contributed by atoms with E-state index >= 15 is 0 Å². The molecule has 0 saturated carbocycles. The van der Waals surface area contributed by atoms with Crippen molar-refractivity contribution in [3.05, 3.63) is 34.4 Å². The Morgan fingerprint density at radius 2 is 1.82 bits per heavy atom. The lowest BCUT2D eigenvalue weighted by molar-refractivity contribution is -0.148. The average Bonchev–Trinajstić information content (AvgIpc) is 2.42. The Morgan fingerprint density at radius 3 is 2.36 bits per heavy atom. The van der Waals surface area contributed by atoms with Gasteiger partial charge in [-0.25, -0.2) is 0 Å². The molecule has 22 heavy (non-hydrogen) atoms. The number of aryl methyl sites for hydroxylation is 3. The van der Waals surface area contributed by atoms with Crippen LogP contribution in [0.15, 0.2) is 12.1 Å². The summed E-state index contributed by atoms with van der Waals surface area (Å²) in [5.41, 5.74) is 4.53. The molecular weight excluding hydrogens is 278 g/mol. The van der Waals surface area contributed by atoms with E-state index in [0.717, 1.165) is 23.1 Å². The van der Waals surface area contributed by atoms with Crippen molar-refractivity contribution in [3.8, 4) is 0 Å². The number of hydrogen-bond acceptors (Lipinski definition) is 2. The average molecular weight is 303 g/mol. The highest BCUT2D eigenvalue weighted by Crippen LogP contribution is 2.25. The van der Waals surface area contributed by atoms with E-state index in [-0.39, 0.29) is 11.9 Å². The van der Waals surface area contributed by atoms with Crippen molar-refractivity contribution in [2.75, 3.05) is 6.54 Å². The van der Waals surface area contributed by atoms with Gasteiger partial charge in [-0.05, 0) is 57.2 Å². The lowest BCUT2D eigenvalue weighted by atomic mass is 9.89. The maximum absolute atomic E-state index is 12.7. The number of piperidine rings is 1. The number of likely N-dealkylation sites (tertiary alicyclic amines) is 1. The van der Waals surface area contributed by atoms with Crippen LogP contribution in [0.4, 0.5) is 0 Å². The predicted molar refractivity (Wildman–Crippen MR) is 85.9 cm³/mol. The zero-order chi connectivity index (χ0) is 16.4. The minimum absolute atomic E-state index is 0.0357. The number of carbonyl (C=O) groups is 2. The monoisotopic (exact) mass is 303 g/mol. The number of rotatable bonds is 3. The van der Waals surface area contributed by atoms with Crippen LogP contribution >= 0.6 is 0 Å². The van der Waals surface area contributed by atoms with Gasteiger partial charge < -0.3 is 10.0 Å². The Hall–Kier alpha value is -1.84. The number of carboxylic acids is 1. The molecule has 1 amide bonds. The van der Waals surface area contributed by atoms with E-state index in [1.54, 1.807) is 4.90 Å². The zero-order valence-electron chi connectivity index (χ0n) is 13.8. The number of benzene rings is 1. The van der Waals surface area contributed by atoms with E-state index in [1.807, 2.05) is 20.8 Å². The van der Waals surface area contributed by atoms with Crippen molar-refractivity contribution < 1.29 is 14.7 Å². The lowest BCUT2D eigenvalue weighted by Crippen LogP contribution is -2.49. The van der Waals surface area contributed by atoms with Crippen LogP contribution < -0.4 is 0 Å². The van der Waals surface area contributed by atoms with Crippen LogP contribution in [0.2, 0.25) is 0 Å². The van der Waals surface area contributed by atoms with Crippen LogP contribution in [0.3, 0.4) is 0 Å². The number of nitrogens with zero attached hydrogens (tertiary/aromatic N) is 1. The molecule has 0 unspecified atom stereocenters. The molecule has 1 aliphatic heterocycles. The molecule has 0 aromatic heterocycles. The fourth-order valence-electron chi connectivity index (χ4n) is 3.57. The molecular formula is C18H25NO3. The SMILES string of the molecule is Cc1cc(C)c(CC(=O)N2CCC[C@@H](C(=O)O)[C@H]2C)c(C)c1. The first-order valence-electron chi connectivity index (χ1n) is 7.90. The molecule has 1 aromatic rings. The highest BCUT2D eigenvalue weighted by Gasteiger charge is 2.35. The van der Waals surface area contributed by atoms with Gasteiger partial charge >= 0.3 is 5.97 Å². The van der Waals surface area contributed by atoms with Crippen LogP contribution in [0.25, 0.3) is 0 Å². The van der Waals surface area contributed by atoms with Crippen molar-refractivity contribution in [3.63, 3.8) is 0 Å². The summed E-state index contributed by atoms with van der Waals surface area (Å²) in [5, 5.41) is 9.28. The highest BCUT2D eigenvalue weighted by molar-refractivity contribution is 5.81. The van der Waals surface area contributed by atoms with Crippen molar-refractivity contribution in [2.24, 2.45) is 5.92 Å². The van der Waals surface area contributed by atoms with Crippen LogP contribution in [0, 0.1) is 26.7 Å². The Balaban J connectivity index is 2.17. The van der Waals surface area contributed by atoms with Crippen molar-refractivity contribution in [2.45, 2.75) is 53.0 Å². The van der Waals surface area contributed by atoms with Gasteiger partial charge in [0.25, 0.3) is 0 Å². The molecule has 0 aliphatic carbocycles. The largest absolute Gasteiger partial charge is 0.481 e. The molecule has 1 aliphatic rings. The molecule has 4 heteroatoms. The highest BCUT2D eigenvalue weighted by atomic mass is 16.4. The van der Waals surface area contributed by atoms with Gasteiger partial charge in [-0.3, -0.25) is 9.59 Å². The molecule has 0 bridgehead atoms. The van der Waals surface area contributed by atoms with Gasteiger partial charge in [0.05, 0.1) is 12.3 Å². The summed E-state index contributed by atoms with van der Waals surface area (Å²) in [5.74, 6) is -1.21. The molecule has 4 nitrogen and oxygen atoms in total. The summed E-state index contributed by atoms with van der Waals surface area (Å²) in [6.07, 6.45) is 1.77. The normalized spacial score (nSPS) is 21.7. The molecule has 2 rings (SSSR count). The summed E-state index contributed by atoms with van der Waals surface area (Å²) < 4.78 is 0. The van der Waals surface area contributed by atoms with Gasteiger partial charge in [-0.15, -0.1) is 0 Å². The number of hydrogen-bond donors (Lipinski definition) is 1. The topological polar surface area (TPSA) is 57.6 Å². The number of carboxylic acid groups (broad SMARTS) is 1. The second-order valence-corrected chi connectivity index (χ2v) is 6.47. The van der Waals surface area contributed by atoms with Crippen LogP contribution in [0.1, 0.15) is 42.0 Å². The Labute approximate surface area is 132 Å². The van der Waals surface area contributed by atoms with Crippen LogP contribution in [-0.4, -0.2) is 34.5 Å². The first-order chi connectivity index (χ1) is 10.3. The maximum Gasteiger partial charge on any atom is 0.308 e. The summed E-state index contributed by atoms with van der Waals surface area (Å²) in [6.45, 7) is 8.62. The smallest absolute Gasteiger partial charge is 0.308 e. The van der Waals surface area contributed by atoms with Crippen molar-refractivity contribution >= 4 is 11.9 Å². The third-order valence-electron chi connectivity index (χ3n) is 4.79. The van der Waals surface area contributed by atoms with E-state index in [0.29, 0.717) is 19.4 Å². The quantitative estimate of drug-likeness (QED) is 0.934. The van der Waals surface area contributed by atoms with Gasteiger partial charge in [0, 0.05) is 12.6 Å². The third-order valence-corrected chi connectivity index (χ3v) is 4.79. The number of amides is 1. The molecule has 120 valence electrons. The number of aliphatic carboxylic acids is 1. The standard InChI is InChI=1S/C18H25NO3/c1-11-8-12(2)16(13(3)9-11)10-17(20)19-7-5-6-15(14(19)4)18(21)22/h8-9,14-15H,5-7,10H2,1-4H3,(H,21,22)/t14-,15-/m1/s1. The molecule has 1 saturated heterocycles. The first-order valence-corrected chi connectivity index (χ1v) is 7.90. The molecule has 1 aromatic carbocycles.